The van der Waals surface area contributed by atoms with Crippen molar-refractivity contribution in [2.45, 2.75) is 39.7 Å². The summed E-state index contributed by atoms with van der Waals surface area (Å²) in [4.78, 5) is 31.8. The zero-order chi connectivity index (χ0) is 27.6. The summed E-state index contributed by atoms with van der Waals surface area (Å²) < 4.78 is 0. The lowest BCUT2D eigenvalue weighted by atomic mass is 9.98. The number of benzene rings is 1. The second-order valence-corrected chi connectivity index (χ2v) is 12.3. The SMILES string of the molecule is Cc1cc(-c2ccnc(-c3ccc(N4CCN(C)CC4)cn3)c2)ccc1CNC(=O)c1cnc(C(C)(C)C)s1. The van der Waals surface area contributed by atoms with Crippen LogP contribution in [-0.4, -0.2) is 59.0 Å². The van der Waals surface area contributed by atoms with Gasteiger partial charge in [0.2, 0.25) is 0 Å². The molecule has 0 atom stereocenters. The molecule has 4 heterocycles. The van der Waals surface area contributed by atoms with Gasteiger partial charge >= 0.3 is 0 Å². The van der Waals surface area contributed by atoms with Crippen LogP contribution in [0.25, 0.3) is 22.5 Å². The summed E-state index contributed by atoms with van der Waals surface area (Å²) in [7, 11) is 2.16. The molecule has 8 heteroatoms. The van der Waals surface area contributed by atoms with Gasteiger partial charge in [0, 0.05) is 44.3 Å². The number of carbonyl (C=O) groups excluding carboxylic acids is 1. The number of anilines is 1. The van der Waals surface area contributed by atoms with Crippen molar-refractivity contribution in [1.82, 2.24) is 25.2 Å². The van der Waals surface area contributed by atoms with Crippen molar-refractivity contribution >= 4 is 22.9 Å². The first-order valence-electron chi connectivity index (χ1n) is 13.4. The number of aromatic nitrogens is 3. The number of amides is 1. The van der Waals surface area contributed by atoms with Gasteiger partial charge in [-0.2, -0.15) is 0 Å². The number of hydrogen-bond donors (Lipinski definition) is 1. The van der Waals surface area contributed by atoms with Crippen LogP contribution in [0.4, 0.5) is 5.69 Å². The molecule has 0 saturated carbocycles. The number of likely N-dealkylation sites (N-methyl/N-ethyl adjacent to an activating group) is 1. The smallest absolute Gasteiger partial charge is 0.263 e. The molecule has 4 aromatic rings. The van der Waals surface area contributed by atoms with E-state index < -0.39 is 0 Å². The highest BCUT2D eigenvalue weighted by Crippen LogP contribution is 2.28. The summed E-state index contributed by atoms with van der Waals surface area (Å²) in [6.07, 6.45) is 5.47. The fraction of sp³-hybridized carbons (Fsp3) is 0.355. The predicted molar refractivity (Wildman–Crippen MR) is 159 cm³/mol. The van der Waals surface area contributed by atoms with Crippen molar-refractivity contribution in [3.8, 4) is 22.5 Å². The molecular formula is C31H36N6OS. The van der Waals surface area contributed by atoms with Crippen molar-refractivity contribution in [2.24, 2.45) is 0 Å². The Morgan fingerprint density at radius 1 is 0.923 bits per heavy atom. The van der Waals surface area contributed by atoms with E-state index in [-0.39, 0.29) is 11.3 Å². The number of pyridine rings is 2. The van der Waals surface area contributed by atoms with Crippen LogP contribution in [0.5, 0.6) is 0 Å². The summed E-state index contributed by atoms with van der Waals surface area (Å²) >= 11 is 1.46. The van der Waals surface area contributed by atoms with Crippen LogP contribution >= 0.6 is 11.3 Å². The van der Waals surface area contributed by atoms with E-state index >= 15 is 0 Å². The fourth-order valence-electron chi connectivity index (χ4n) is 4.60. The van der Waals surface area contributed by atoms with Crippen molar-refractivity contribution in [2.75, 3.05) is 38.1 Å². The molecule has 1 N–H and O–H groups in total. The lowest BCUT2D eigenvalue weighted by Gasteiger charge is -2.33. The molecule has 0 unspecified atom stereocenters. The molecule has 1 aliphatic heterocycles. The van der Waals surface area contributed by atoms with Crippen LogP contribution in [-0.2, 0) is 12.0 Å². The molecule has 0 aliphatic carbocycles. The van der Waals surface area contributed by atoms with Gasteiger partial charge in [0.15, 0.2) is 0 Å². The highest BCUT2D eigenvalue weighted by Gasteiger charge is 2.20. The van der Waals surface area contributed by atoms with Crippen LogP contribution in [0.2, 0.25) is 0 Å². The van der Waals surface area contributed by atoms with Gasteiger partial charge < -0.3 is 15.1 Å². The van der Waals surface area contributed by atoms with Crippen LogP contribution in [0.3, 0.4) is 0 Å². The van der Waals surface area contributed by atoms with Crippen LogP contribution < -0.4 is 10.2 Å². The van der Waals surface area contributed by atoms with E-state index in [2.05, 4.69) is 96.2 Å². The molecule has 3 aromatic heterocycles. The Bertz CT molecular complexity index is 1450. The number of hydrogen-bond acceptors (Lipinski definition) is 7. The summed E-state index contributed by atoms with van der Waals surface area (Å²) in [6, 6.07) is 14.7. The van der Waals surface area contributed by atoms with Crippen molar-refractivity contribution < 1.29 is 4.79 Å². The fourth-order valence-corrected chi connectivity index (χ4v) is 5.49. The minimum absolute atomic E-state index is 0.0629. The Labute approximate surface area is 235 Å². The second kappa shape index (κ2) is 11.2. The molecule has 0 radical (unpaired) electrons. The number of piperazine rings is 1. The minimum atomic E-state index is -0.0867. The molecule has 1 aliphatic rings. The number of thiazole rings is 1. The summed E-state index contributed by atoms with van der Waals surface area (Å²) in [5.74, 6) is -0.0867. The normalized spacial score (nSPS) is 14.4. The number of nitrogens with zero attached hydrogens (tertiary/aromatic N) is 5. The minimum Gasteiger partial charge on any atom is -0.368 e. The van der Waals surface area contributed by atoms with Crippen LogP contribution in [0, 0.1) is 6.92 Å². The van der Waals surface area contributed by atoms with Crippen LogP contribution in [0.15, 0.2) is 61.1 Å². The zero-order valence-corrected chi connectivity index (χ0v) is 24.2. The van der Waals surface area contributed by atoms with E-state index in [0.29, 0.717) is 11.4 Å². The Morgan fingerprint density at radius 3 is 2.36 bits per heavy atom. The standard InChI is InChI=1S/C31H36N6OS/c1-21-16-22(6-7-24(21)18-34-29(38)28-20-35-30(39-28)31(2,3)4)23-10-11-32-27(17-23)26-9-8-25(19-33-26)37-14-12-36(5)13-15-37/h6-11,16-17,19-20H,12-15,18H2,1-5H3,(H,34,38). The molecule has 0 spiro atoms. The quantitative estimate of drug-likeness (QED) is 0.345. The zero-order valence-electron chi connectivity index (χ0n) is 23.4. The summed E-state index contributed by atoms with van der Waals surface area (Å²) in [5.41, 5.74) is 7.22. The Balaban J connectivity index is 1.25. The first-order chi connectivity index (χ1) is 18.7. The van der Waals surface area contributed by atoms with Gasteiger partial charge in [0.1, 0.15) is 4.88 Å². The van der Waals surface area contributed by atoms with E-state index in [9.17, 15) is 4.79 Å². The van der Waals surface area contributed by atoms with Gasteiger partial charge in [-0.15, -0.1) is 11.3 Å². The molecular weight excluding hydrogens is 504 g/mol. The van der Waals surface area contributed by atoms with Crippen molar-refractivity contribution in [3.05, 3.63) is 82.1 Å². The maximum Gasteiger partial charge on any atom is 0.263 e. The molecule has 5 rings (SSSR count). The predicted octanol–water partition coefficient (Wildman–Crippen LogP) is 5.55. The molecule has 7 nitrogen and oxygen atoms in total. The number of rotatable bonds is 6. The van der Waals surface area contributed by atoms with Gasteiger partial charge in [0.25, 0.3) is 5.91 Å². The van der Waals surface area contributed by atoms with Gasteiger partial charge in [-0.05, 0) is 60.5 Å². The molecule has 0 bridgehead atoms. The third-order valence-corrected chi connectivity index (χ3v) is 8.55. The Morgan fingerprint density at radius 2 is 1.69 bits per heavy atom. The second-order valence-electron chi connectivity index (χ2n) is 11.2. The average Bonchev–Trinajstić information content (AvgIpc) is 3.44. The van der Waals surface area contributed by atoms with E-state index in [1.54, 1.807) is 6.20 Å². The number of nitrogens with one attached hydrogen (secondary N) is 1. The molecule has 202 valence electrons. The largest absolute Gasteiger partial charge is 0.368 e. The van der Waals surface area contributed by atoms with Crippen LogP contribution in [0.1, 0.15) is 46.6 Å². The Hall–Kier alpha value is -3.62. The monoisotopic (exact) mass is 540 g/mol. The van der Waals surface area contributed by atoms with E-state index in [4.69, 9.17) is 4.98 Å². The lowest BCUT2D eigenvalue weighted by molar-refractivity contribution is 0.0954. The Kier molecular flexibility index (Phi) is 7.77. The number of aryl methyl sites for hydroxylation is 1. The van der Waals surface area contributed by atoms with Gasteiger partial charge in [-0.3, -0.25) is 14.8 Å². The van der Waals surface area contributed by atoms with E-state index in [1.807, 2.05) is 18.5 Å². The maximum atomic E-state index is 12.7. The molecule has 1 amide bonds. The first-order valence-corrected chi connectivity index (χ1v) is 14.2. The number of carbonyl (C=O) groups is 1. The molecule has 1 saturated heterocycles. The first kappa shape index (κ1) is 27.0. The third-order valence-electron chi connectivity index (χ3n) is 7.13. The van der Waals surface area contributed by atoms with Gasteiger partial charge in [-0.1, -0.05) is 39.0 Å². The molecule has 39 heavy (non-hydrogen) atoms. The molecule has 1 fully saturated rings. The van der Waals surface area contributed by atoms with E-state index in [0.717, 1.165) is 70.5 Å². The highest BCUT2D eigenvalue weighted by atomic mass is 32.1. The summed E-state index contributed by atoms with van der Waals surface area (Å²) in [6.45, 7) is 13.0. The summed E-state index contributed by atoms with van der Waals surface area (Å²) in [5, 5.41) is 4.01. The van der Waals surface area contributed by atoms with E-state index in [1.165, 1.54) is 11.3 Å². The van der Waals surface area contributed by atoms with Crippen molar-refractivity contribution in [3.63, 3.8) is 0 Å². The van der Waals surface area contributed by atoms with Gasteiger partial charge in [-0.25, -0.2) is 4.98 Å². The average molecular weight is 541 g/mol. The topological polar surface area (TPSA) is 74.2 Å². The maximum absolute atomic E-state index is 12.7. The van der Waals surface area contributed by atoms with Gasteiger partial charge in [0.05, 0.1) is 34.5 Å². The lowest BCUT2D eigenvalue weighted by Crippen LogP contribution is -2.44. The van der Waals surface area contributed by atoms with Crippen molar-refractivity contribution in [1.29, 1.82) is 0 Å². The third kappa shape index (κ3) is 6.34. The highest BCUT2D eigenvalue weighted by molar-refractivity contribution is 7.13. The molecule has 1 aromatic carbocycles.